The Hall–Kier alpha value is -1.06. The van der Waals surface area contributed by atoms with Gasteiger partial charge in [-0.2, -0.15) is 4.99 Å². The summed E-state index contributed by atoms with van der Waals surface area (Å²) in [6, 6.07) is 0. The number of nitrogens with zero attached hydrogens (tertiary/aromatic N) is 3. The fraction of sp³-hybridized carbons (Fsp3) is 0.333. The summed E-state index contributed by atoms with van der Waals surface area (Å²) in [6.07, 6.45) is 0. The van der Waals surface area contributed by atoms with Crippen LogP contribution in [0.1, 0.15) is 6.92 Å². The van der Waals surface area contributed by atoms with Gasteiger partial charge in [0.05, 0.1) is 0 Å². The first-order valence-corrected chi connectivity index (χ1v) is 1.84. The van der Waals surface area contributed by atoms with Crippen LogP contribution < -0.4 is 0 Å². The summed E-state index contributed by atoms with van der Waals surface area (Å²) >= 11 is 0. The summed E-state index contributed by atoms with van der Waals surface area (Å²) in [5.41, 5.74) is 0. The second-order valence-corrected chi connectivity index (χ2v) is 1.18. The van der Waals surface area contributed by atoms with Gasteiger partial charge >= 0.3 is 0 Å². The van der Waals surface area contributed by atoms with Crippen LogP contribution in [0.2, 0.25) is 0 Å². The normalized spacial score (nSPS) is 17.9. The molecule has 1 heterocycles. The second kappa shape index (κ2) is 1.22. The van der Waals surface area contributed by atoms with Crippen molar-refractivity contribution in [1.82, 2.24) is 0 Å². The maximum Gasteiger partial charge on any atom is 0.263 e. The fourth-order valence-electron chi connectivity index (χ4n) is 0.318. The molecule has 7 heavy (non-hydrogen) atoms. The first kappa shape index (κ1) is 4.11. The van der Waals surface area contributed by atoms with Crippen molar-refractivity contribution in [2.24, 2.45) is 15.2 Å². The van der Waals surface area contributed by atoms with E-state index >= 15 is 0 Å². The minimum absolute atomic E-state index is 0.00231. The fourth-order valence-corrected chi connectivity index (χ4v) is 0.318. The molecule has 1 aliphatic rings. The van der Waals surface area contributed by atoms with E-state index in [1.807, 2.05) is 0 Å². The topological polar surface area (TPSA) is 60.9 Å². The molecular weight excluding hydrogens is 92.1 g/mol. The monoisotopic (exact) mass is 96.0 g/mol. The largest absolute Gasteiger partial charge is 0.264 e. The zero-order valence-corrected chi connectivity index (χ0v) is 3.84. The third kappa shape index (κ3) is 0.677. The van der Waals surface area contributed by atoms with Crippen LogP contribution in [0.3, 0.4) is 0 Å². The second-order valence-electron chi connectivity index (χ2n) is 1.18. The predicted octanol–water partition coefficient (Wildman–Crippen LogP) is 0.805. The van der Waals surface area contributed by atoms with Crippen molar-refractivity contribution < 1.29 is 0 Å². The highest BCUT2D eigenvalue weighted by Gasteiger charge is 1.97. The molecule has 0 atom stereocenters. The molecule has 0 saturated heterocycles. The number of guanidine groups is 1. The van der Waals surface area contributed by atoms with Crippen molar-refractivity contribution in [3.63, 3.8) is 0 Å². The average molecular weight is 96.1 g/mol. The maximum absolute atomic E-state index is 6.73. The number of amidine groups is 1. The molecule has 4 nitrogen and oxygen atoms in total. The average Bonchev–Trinajstić information content (AvgIpc) is 1.87. The quantitative estimate of drug-likeness (QED) is 0.463. The van der Waals surface area contributed by atoms with E-state index in [0.29, 0.717) is 5.84 Å². The van der Waals surface area contributed by atoms with Gasteiger partial charge in [0.1, 0.15) is 0 Å². The van der Waals surface area contributed by atoms with E-state index < -0.39 is 0 Å². The van der Waals surface area contributed by atoms with Gasteiger partial charge in [-0.1, -0.05) is 0 Å². The SMILES string of the molecule is CC1=NC(=N)N=N1. The molecule has 0 aromatic carbocycles. The van der Waals surface area contributed by atoms with E-state index in [1.54, 1.807) is 6.92 Å². The van der Waals surface area contributed by atoms with E-state index in [4.69, 9.17) is 5.41 Å². The molecule has 0 radical (unpaired) electrons. The van der Waals surface area contributed by atoms with Gasteiger partial charge in [-0.3, -0.25) is 5.41 Å². The van der Waals surface area contributed by atoms with Gasteiger partial charge in [-0.15, -0.1) is 10.2 Å². The molecular formula is C3H4N4. The standard InChI is InChI=1S/C3H4N4/c1-2-5-3(4)7-6-2/h4H,1H3. The van der Waals surface area contributed by atoms with Crippen LogP contribution in [-0.4, -0.2) is 11.8 Å². The number of rotatable bonds is 0. The lowest BCUT2D eigenvalue weighted by molar-refractivity contribution is 1.32. The van der Waals surface area contributed by atoms with Gasteiger partial charge in [0.15, 0.2) is 5.84 Å². The summed E-state index contributed by atoms with van der Waals surface area (Å²) in [5.74, 6) is 0.558. The predicted molar refractivity (Wildman–Crippen MR) is 25.7 cm³/mol. The lowest BCUT2D eigenvalue weighted by atomic mass is 10.7. The number of hydrogen-bond donors (Lipinski definition) is 1. The third-order valence-electron chi connectivity index (χ3n) is 0.557. The Kier molecular flexibility index (Phi) is 0.714. The molecule has 0 bridgehead atoms. The molecule has 4 heteroatoms. The molecule has 0 unspecified atom stereocenters. The van der Waals surface area contributed by atoms with Gasteiger partial charge in [-0.25, -0.2) is 0 Å². The smallest absolute Gasteiger partial charge is 0.263 e. The van der Waals surface area contributed by atoms with Crippen LogP contribution in [0.4, 0.5) is 0 Å². The van der Waals surface area contributed by atoms with E-state index in [9.17, 15) is 0 Å². The Balaban J connectivity index is 2.88. The first-order valence-electron chi connectivity index (χ1n) is 1.84. The lowest BCUT2D eigenvalue weighted by Gasteiger charge is -1.68. The van der Waals surface area contributed by atoms with Crippen molar-refractivity contribution in [1.29, 1.82) is 5.41 Å². The Morgan fingerprint density at radius 2 is 2.14 bits per heavy atom. The minimum atomic E-state index is -0.00231. The van der Waals surface area contributed by atoms with Gasteiger partial charge in [-0.05, 0) is 6.92 Å². The number of azo groups is 1. The molecule has 0 aromatic heterocycles. The van der Waals surface area contributed by atoms with E-state index in [2.05, 4.69) is 15.2 Å². The molecule has 0 saturated carbocycles. The molecule has 1 N–H and O–H groups in total. The zero-order valence-electron chi connectivity index (χ0n) is 3.84. The lowest BCUT2D eigenvalue weighted by Crippen LogP contribution is -1.78. The van der Waals surface area contributed by atoms with Gasteiger partial charge in [0, 0.05) is 0 Å². The Morgan fingerprint density at radius 1 is 1.43 bits per heavy atom. The Labute approximate surface area is 40.5 Å². The third-order valence-corrected chi connectivity index (χ3v) is 0.557. The van der Waals surface area contributed by atoms with Gasteiger partial charge in [0.25, 0.3) is 5.96 Å². The van der Waals surface area contributed by atoms with Crippen LogP contribution in [0, 0.1) is 5.41 Å². The molecule has 0 aromatic rings. The summed E-state index contributed by atoms with van der Waals surface area (Å²) in [7, 11) is 0. The molecule has 0 spiro atoms. The molecule has 0 aliphatic carbocycles. The van der Waals surface area contributed by atoms with Gasteiger partial charge < -0.3 is 0 Å². The summed E-state index contributed by atoms with van der Waals surface area (Å²) in [5, 5.41) is 13.5. The highest BCUT2D eigenvalue weighted by atomic mass is 15.3. The van der Waals surface area contributed by atoms with Crippen LogP contribution in [0.25, 0.3) is 0 Å². The van der Waals surface area contributed by atoms with Crippen molar-refractivity contribution >= 4 is 11.8 Å². The summed E-state index contributed by atoms with van der Waals surface area (Å²) in [4.78, 5) is 3.56. The van der Waals surface area contributed by atoms with Crippen molar-refractivity contribution in [2.45, 2.75) is 6.92 Å². The van der Waals surface area contributed by atoms with E-state index in [-0.39, 0.29) is 5.96 Å². The van der Waals surface area contributed by atoms with Crippen molar-refractivity contribution in [2.75, 3.05) is 0 Å². The molecule has 0 fully saturated rings. The molecule has 1 aliphatic heterocycles. The molecule has 1 rings (SSSR count). The highest BCUT2D eigenvalue weighted by molar-refractivity contribution is 5.98. The van der Waals surface area contributed by atoms with Gasteiger partial charge in [0.2, 0.25) is 0 Å². The molecule has 36 valence electrons. The highest BCUT2D eigenvalue weighted by Crippen LogP contribution is 1.93. The van der Waals surface area contributed by atoms with Crippen LogP contribution in [-0.2, 0) is 0 Å². The number of nitrogens with one attached hydrogen (secondary N) is 1. The summed E-state index contributed by atoms with van der Waals surface area (Å²) in [6.45, 7) is 1.70. The maximum atomic E-state index is 6.73. The van der Waals surface area contributed by atoms with Crippen LogP contribution in [0.5, 0.6) is 0 Å². The molecule has 0 amide bonds. The first-order chi connectivity index (χ1) is 3.29. The Bertz CT molecular complexity index is 154. The summed E-state index contributed by atoms with van der Waals surface area (Å²) < 4.78 is 0. The Morgan fingerprint density at radius 3 is 2.29 bits per heavy atom. The van der Waals surface area contributed by atoms with E-state index in [1.165, 1.54) is 0 Å². The van der Waals surface area contributed by atoms with Crippen molar-refractivity contribution in [3.05, 3.63) is 0 Å². The van der Waals surface area contributed by atoms with Crippen LogP contribution in [0.15, 0.2) is 15.2 Å². The number of aliphatic imine (C=N–C) groups is 1. The number of hydrogen-bond acceptors (Lipinski definition) is 2. The zero-order chi connectivity index (χ0) is 5.28. The van der Waals surface area contributed by atoms with Crippen LogP contribution >= 0.6 is 0 Å². The van der Waals surface area contributed by atoms with E-state index in [0.717, 1.165) is 0 Å². The van der Waals surface area contributed by atoms with Crippen molar-refractivity contribution in [3.8, 4) is 0 Å². The minimum Gasteiger partial charge on any atom is -0.264 e.